The molecule has 0 spiro atoms. The number of carbonyl (C=O) groups excluding carboxylic acids is 1. The first-order valence-corrected chi connectivity index (χ1v) is 8.93. The molecule has 5 nitrogen and oxygen atoms in total. The van der Waals surface area contributed by atoms with Crippen molar-refractivity contribution in [1.82, 2.24) is 10.3 Å². The zero-order valence-electron chi connectivity index (χ0n) is 14.8. The number of nitrogens with zero attached hydrogens (tertiary/aromatic N) is 1. The summed E-state index contributed by atoms with van der Waals surface area (Å²) in [6.07, 6.45) is 6.01. The van der Waals surface area contributed by atoms with Crippen LogP contribution in [0.25, 0.3) is 0 Å². The van der Waals surface area contributed by atoms with Gasteiger partial charge in [-0.1, -0.05) is 20.8 Å². The molecule has 0 bridgehead atoms. The topological polar surface area (TPSA) is 71.5 Å². The SMILES string of the molecule is CC(C)(C)C(O)CNC(=O)c1cc(OCC2CC2)c(C2CC2)cn1. The molecule has 2 fully saturated rings. The van der Waals surface area contributed by atoms with Gasteiger partial charge in [-0.25, -0.2) is 0 Å². The van der Waals surface area contributed by atoms with Crippen molar-refractivity contribution in [3.05, 3.63) is 23.5 Å². The Morgan fingerprint density at radius 3 is 2.67 bits per heavy atom. The molecule has 1 atom stereocenters. The van der Waals surface area contributed by atoms with Gasteiger partial charge in [0.15, 0.2) is 0 Å². The number of pyridine rings is 1. The molecular formula is C19H28N2O3. The fraction of sp³-hybridized carbons (Fsp3) is 0.684. The highest BCUT2D eigenvalue weighted by atomic mass is 16.5. The number of ether oxygens (including phenoxy) is 1. The predicted molar refractivity (Wildman–Crippen MR) is 92.2 cm³/mol. The third-order valence-corrected chi connectivity index (χ3v) is 4.77. The van der Waals surface area contributed by atoms with Crippen molar-refractivity contribution in [2.24, 2.45) is 11.3 Å². The third kappa shape index (κ3) is 4.47. The van der Waals surface area contributed by atoms with Crippen LogP contribution in [0.4, 0.5) is 0 Å². The molecule has 0 saturated heterocycles. The lowest BCUT2D eigenvalue weighted by atomic mass is 9.89. The Morgan fingerprint density at radius 2 is 2.08 bits per heavy atom. The molecule has 0 radical (unpaired) electrons. The summed E-state index contributed by atoms with van der Waals surface area (Å²) in [6.45, 7) is 6.77. The third-order valence-electron chi connectivity index (χ3n) is 4.77. The van der Waals surface area contributed by atoms with Crippen molar-refractivity contribution < 1.29 is 14.6 Å². The van der Waals surface area contributed by atoms with Crippen LogP contribution in [-0.4, -0.2) is 35.3 Å². The van der Waals surface area contributed by atoms with E-state index in [2.05, 4.69) is 10.3 Å². The smallest absolute Gasteiger partial charge is 0.270 e. The molecule has 1 heterocycles. The van der Waals surface area contributed by atoms with E-state index in [-0.39, 0.29) is 17.9 Å². The van der Waals surface area contributed by atoms with E-state index < -0.39 is 6.10 Å². The van der Waals surface area contributed by atoms with Crippen molar-refractivity contribution in [3.8, 4) is 5.75 Å². The predicted octanol–water partition coefficient (Wildman–Crippen LogP) is 2.88. The van der Waals surface area contributed by atoms with Gasteiger partial charge in [-0.15, -0.1) is 0 Å². The standard InChI is InChI=1S/C19H28N2O3/c1-19(2,3)17(22)10-21-18(23)15-8-16(24-11-12-4-5-12)14(9-20-15)13-6-7-13/h8-9,12-13,17,22H,4-7,10-11H2,1-3H3,(H,21,23). The van der Waals surface area contributed by atoms with E-state index >= 15 is 0 Å². The van der Waals surface area contributed by atoms with E-state index in [4.69, 9.17) is 4.74 Å². The van der Waals surface area contributed by atoms with E-state index in [9.17, 15) is 9.90 Å². The van der Waals surface area contributed by atoms with Crippen LogP contribution in [-0.2, 0) is 0 Å². The fourth-order valence-corrected chi connectivity index (χ4v) is 2.48. The second-order valence-electron chi connectivity index (χ2n) is 8.23. The summed E-state index contributed by atoms with van der Waals surface area (Å²) in [5.41, 5.74) is 1.21. The van der Waals surface area contributed by atoms with Gasteiger partial charge in [-0.3, -0.25) is 9.78 Å². The summed E-state index contributed by atoms with van der Waals surface area (Å²) < 4.78 is 5.96. The first kappa shape index (κ1) is 17.2. The highest BCUT2D eigenvalue weighted by Gasteiger charge is 2.30. The molecule has 1 amide bonds. The van der Waals surface area contributed by atoms with Crippen LogP contribution in [0.5, 0.6) is 5.75 Å². The molecule has 2 aliphatic rings. The number of carbonyl (C=O) groups is 1. The van der Waals surface area contributed by atoms with Gasteiger partial charge in [0.1, 0.15) is 11.4 Å². The minimum atomic E-state index is -0.599. The van der Waals surface area contributed by atoms with Crippen LogP contribution < -0.4 is 10.1 Å². The minimum Gasteiger partial charge on any atom is -0.493 e. The molecule has 0 aromatic carbocycles. The van der Waals surface area contributed by atoms with E-state index in [1.54, 1.807) is 12.3 Å². The zero-order valence-corrected chi connectivity index (χ0v) is 14.8. The van der Waals surface area contributed by atoms with Gasteiger partial charge in [-0.2, -0.15) is 0 Å². The second-order valence-corrected chi connectivity index (χ2v) is 8.23. The van der Waals surface area contributed by atoms with Gasteiger partial charge in [-0.05, 0) is 42.9 Å². The van der Waals surface area contributed by atoms with E-state index in [0.717, 1.165) is 17.9 Å². The average molecular weight is 332 g/mol. The summed E-state index contributed by atoms with van der Waals surface area (Å²) in [5.74, 6) is 1.74. The Hall–Kier alpha value is -1.62. The van der Waals surface area contributed by atoms with Crippen LogP contribution in [0.3, 0.4) is 0 Å². The van der Waals surface area contributed by atoms with E-state index in [1.807, 2.05) is 20.8 Å². The van der Waals surface area contributed by atoms with Gasteiger partial charge in [0, 0.05) is 24.4 Å². The number of aliphatic hydroxyl groups is 1. The molecule has 3 rings (SSSR count). The maximum Gasteiger partial charge on any atom is 0.270 e. The quantitative estimate of drug-likeness (QED) is 0.805. The maximum absolute atomic E-state index is 12.3. The number of hydrogen-bond donors (Lipinski definition) is 2. The number of rotatable bonds is 7. The molecule has 132 valence electrons. The van der Waals surface area contributed by atoms with Crippen LogP contribution in [0, 0.1) is 11.3 Å². The summed E-state index contributed by atoms with van der Waals surface area (Å²) in [5, 5.41) is 12.8. The Labute approximate surface area is 143 Å². The first-order chi connectivity index (χ1) is 11.3. The van der Waals surface area contributed by atoms with E-state index in [1.165, 1.54) is 25.7 Å². The Balaban J connectivity index is 1.65. The maximum atomic E-state index is 12.3. The molecule has 1 aromatic rings. The fourth-order valence-electron chi connectivity index (χ4n) is 2.48. The van der Waals surface area contributed by atoms with E-state index in [0.29, 0.717) is 17.5 Å². The second kappa shape index (κ2) is 6.71. The van der Waals surface area contributed by atoms with Crippen molar-refractivity contribution in [3.63, 3.8) is 0 Å². The molecule has 1 unspecified atom stereocenters. The lowest BCUT2D eigenvalue weighted by molar-refractivity contribution is 0.0585. The molecule has 5 heteroatoms. The number of aliphatic hydroxyl groups excluding tert-OH is 1. The Bertz CT molecular complexity index is 601. The average Bonchev–Trinajstić information content (AvgIpc) is 3.42. The van der Waals surface area contributed by atoms with Gasteiger partial charge in [0.2, 0.25) is 0 Å². The number of amides is 1. The molecule has 2 N–H and O–H groups in total. The van der Waals surface area contributed by atoms with Crippen molar-refractivity contribution in [2.45, 2.75) is 58.5 Å². The molecule has 0 aliphatic heterocycles. The van der Waals surface area contributed by atoms with Crippen molar-refractivity contribution in [1.29, 1.82) is 0 Å². The molecule has 1 aromatic heterocycles. The lowest BCUT2D eigenvalue weighted by Gasteiger charge is -2.25. The van der Waals surface area contributed by atoms with Crippen LogP contribution in [0.2, 0.25) is 0 Å². The summed E-state index contributed by atoms with van der Waals surface area (Å²) in [6, 6.07) is 1.76. The first-order valence-electron chi connectivity index (χ1n) is 8.93. The molecule has 2 aliphatic carbocycles. The lowest BCUT2D eigenvalue weighted by Crippen LogP contribution is -2.39. The number of nitrogens with one attached hydrogen (secondary N) is 1. The van der Waals surface area contributed by atoms with Gasteiger partial charge < -0.3 is 15.2 Å². The largest absolute Gasteiger partial charge is 0.493 e. The number of aromatic nitrogens is 1. The minimum absolute atomic E-state index is 0.215. The highest BCUT2D eigenvalue weighted by molar-refractivity contribution is 5.92. The summed E-state index contributed by atoms with van der Waals surface area (Å²) in [4.78, 5) is 16.6. The monoisotopic (exact) mass is 332 g/mol. The van der Waals surface area contributed by atoms with Crippen LogP contribution in [0.1, 0.15) is 68.4 Å². The molecule has 24 heavy (non-hydrogen) atoms. The van der Waals surface area contributed by atoms with Gasteiger partial charge in [0.05, 0.1) is 12.7 Å². The van der Waals surface area contributed by atoms with Gasteiger partial charge in [0.25, 0.3) is 5.91 Å². The van der Waals surface area contributed by atoms with Crippen molar-refractivity contribution >= 4 is 5.91 Å². The van der Waals surface area contributed by atoms with Crippen LogP contribution >= 0.6 is 0 Å². The Kier molecular flexibility index (Phi) is 4.81. The highest BCUT2D eigenvalue weighted by Crippen LogP contribution is 2.44. The molecule has 2 saturated carbocycles. The van der Waals surface area contributed by atoms with Gasteiger partial charge >= 0.3 is 0 Å². The van der Waals surface area contributed by atoms with Crippen LogP contribution in [0.15, 0.2) is 12.3 Å². The Morgan fingerprint density at radius 1 is 1.38 bits per heavy atom. The zero-order chi connectivity index (χ0) is 17.3. The normalized spacial score (nSPS) is 19.0. The summed E-state index contributed by atoms with van der Waals surface area (Å²) in [7, 11) is 0. The number of hydrogen-bond acceptors (Lipinski definition) is 4. The summed E-state index contributed by atoms with van der Waals surface area (Å²) >= 11 is 0. The van der Waals surface area contributed by atoms with Crippen molar-refractivity contribution in [2.75, 3.05) is 13.2 Å². The molecular weight excluding hydrogens is 304 g/mol.